The molecule has 1 saturated heterocycles. The van der Waals surface area contributed by atoms with Crippen molar-refractivity contribution in [1.82, 2.24) is 14.8 Å². The van der Waals surface area contributed by atoms with E-state index in [1.165, 1.54) is 0 Å². The van der Waals surface area contributed by atoms with E-state index in [0.29, 0.717) is 36.9 Å². The molecule has 1 fully saturated rings. The number of ketones is 1. The van der Waals surface area contributed by atoms with Crippen molar-refractivity contribution in [3.63, 3.8) is 0 Å². The molecule has 2 aromatic rings. The molecule has 1 aliphatic heterocycles. The highest BCUT2D eigenvalue weighted by atomic mass is 35.5. The fraction of sp³-hybridized carbons (Fsp3) is 0.312. The van der Waals surface area contributed by atoms with Crippen LogP contribution in [0.1, 0.15) is 24.0 Å². The fourth-order valence-electron chi connectivity index (χ4n) is 2.40. The lowest BCUT2D eigenvalue weighted by molar-refractivity contribution is -0.119. The van der Waals surface area contributed by atoms with Gasteiger partial charge in [0.2, 0.25) is 0 Å². The third kappa shape index (κ3) is 3.29. The van der Waals surface area contributed by atoms with Gasteiger partial charge >= 0.3 is 0 Å². The number of hydrogen-bond donors (Lipinski definition) is 0. The maximum atomic E-state index is 11.4. The number of rotatable bonds is 1. The maximum Gasteiger partial charge on any atom is 0.136 e. The standard InChI is InChI=1S/C16H15ClN4O/c1-20-11-12(9-19-20)2-3-13-10-18-16(17)8-15(13)21-6-4-14(22)5-7-21/h8-11H,4-7H2,1H3. The van der Waals surface area contributed by atoms with E-state index in [9.17, 15) is 4.79 Å². The largest absolute Gasteiger partial charge is 0.370 e. The average Bonchev–Trinajstić information content (AvgIpc) is 2.92. The number of halogens is 1. The molecule has 6 heteroatoms. The van der Waals surface area contributed by atoms with E-state index in [2.05, 4.69) is 26.8 Å². The molecule has 0 N–H and O–H groups in total. The minimum Gasteiger partial charge on any atom is -0.370 e. The first-order valence-corrected chi connectivity index (χ1v) is 7.42. The number of nitrogens with zero attached hydrogens (tertiary/aromatic N) is 4. The van der Waals surface area contributed by atoms with Crippen LogP contribution in [0.15, 0.2) is 24.7 Å². The van der Waals surface area contributed by atoms with Crippen LogP contribution < -0.4 is 4.90 Å². The zero-order valence-electron chi connectivity index (χ0n) is 12.2. The number of Topliss-reactive ketones (excluding diaryl/α,β-unsaturated/α-hetero) is 1. The highest BCUT2D eigenvalue weighted by Gasteiger charge is 2.19. The number of carbonyl (C=O) groups is 1. The van der Waals surface area contributed by atoms with Crippen LogP contribution in [-0.4, -0.2) is 33.6 Å². The summed E-state index contributed by atoms with van der Waals surface area (Å²) in [6, 6.07) is 1.81. The summed E-state index contributed by atoms with van der Waals surface area (Å²) in [5.74, 6) is 6.51. The van der Waals surface area contributed by atoms with E-state index < -0.39 is 0 Å². The molecule has 22 heavy (non-hydrogen) atoms. The van der Waals surface area contributed by atoms with E-state index in [1.54, 1.807) is 17.1 Å². The van der Waals surface area contributed by atoms with Gasteiger partial charge in [-0.1, -0.05) is 23.4 Å². The first-order chi connectivity index (χ1) is 10.6. The van der Waals surface area contributed by atoms with Gasteiger partial charge in [0, 0.05) is 51.4 Å². The summed E-state index contributed by atoms with van der Waals surface area (Å²) in [4.78, 5) is 17.7. The lowest BCUT2D eigenvalue weighted by Gasteiger charge is -2.29. The van der Waals surface area contributed by atoms with Crippen LogP contribution >= 0.6 is 11.6 Å². The van der Waals surface area contributed by atoms with Gasteiger partial charge in [0.05, 0.1) is 23.0 Å². The summed E-state index contributed by atoms with van der Waals surface area (Å²) < 4.78 is 1.71. The first-order valence-electron chi connectivity index (χ1n) is 7.05. The van der Waals surface area contributed by atoms with Crippen LogP contribution in [0.25, 0.3) is 0 Å². The average molecular weight is 315 g/mol. The zero-order valence-corrected chi connectivity index (χ0v) is 13.0. The summed E-state index contributed by atoms with van der Waals surface area (Å²) in [7, 11) is 1.85. The highest BCUT2D eigenvalue weighted by molar-refractivity contribution is 6.29. The van der Waals surface area contributed by atoms with E-state index in [0.717, 1.165) is 16.8 Å². The van der Waals surface area contributed by atoms with Gasteiger partial charge in [-0.05, 0) is 0 Å². The van der Waals surface area contributed by atoms with Gasteiger partial charge in [-0.2, -0.15) is 5.10 Å². The molecule has 0 spiro atoms. The van der Waals surface area contributed by atoms with Crippen LogP contribution in [0.3, 0.4) is 0 Å². The van der Waals surface area contributed by atoms with Gasteiger partial charge in [-0.15, -0.1) is 0 Å². The summed E-state index contributed by atoms with van der Waals surface area (Å²) in [5.41, 5.74) is 2.59. The monoisotopic (exact) mass is 314 g/mol. The van der Waals surface area contributed by atoms with Crippen LogP contribution in [-0.2, 0) is 11.8 Å². The van der Waals surface area contributed by atoms with E-state index in [-0.39, 0.29) is 0 Å². The number of aromatic nitrogens is 3. The Labute approximate surface area is 133 Å². The van der Waals surface area contributed by atoms with Crippen molar-refractivity contribution in [2.75, 3.05) is 18.0 Å². The number of pyridine rings is 1. The third-order valence-electron chi connectivity index (χ3n) is 3.56. The normalized spacial score (nSPS) is 14.6. The Morgan fingerprint density at radius 1 is 1.23 bits per heavy atom. The second kappa shape index (κ2) is 6.20. The predicted octanol–water partition coefficient (Wildman–Crippen LogP) is 2.04. The zero-order chi connectivity index (χ0) is 15.5. The topological polar surface area (TPSA) is 51.0 Å². The highest BCUT2D eigenvalue weighted by Crippen LogP contribution is 2.25. The summed E-state index contributed by atoms with van der Waals surface area (Å²) in [5, 5.41) is 4.52. The molecule has 0 aliphatic carbocycles. The molecule has 0 saturated carbocycles. The first kappa shape index (κ1) is 14.6. The molecule has 112 valence electrons. The second-order valence-corrected chi connectivity index (χ2v) is 5.59. The molecule has 3 heterocycles. The van der Waals surface area contributed by atoms with Gasteiger partial charge in [0.1, 0.15) is 10.9 Å². The maximum absolute atomic E-state index is 11.4. The summed E-state index contributed by atoms with van der Waals surface area (Å²) >= 11 is 6.02. The molecule has 0 atom stereocenters. The van der Waals surface area contributed by atoms with Gasteiger partial charge in [-0.3, -0.25) is 9.48 Å². The van der Waals surface area contributed by atoms with Crippen molar-refractivity contribution in [2.45, 2.75) is 12.8 Å². The van der Waals surface area contributed by atoms with Crippen molar-refractivity contribution in [2.24, 2.45) is 7.05 Å². The SMILES string of the molecule is Cn1cc(C#Cc2cnc(Cl)cc2N2CCC(=O)CC2)cn1. The van der Waals surface area contributed by atoms with Crippen molar-refractivity contribution in [1.29, 1.82) is 0 Å². The molecule has 0 unspecified atom stereocenters. The van der Waals surface area contributed by atoms with Gasteiger partial charge < -0.3 is 4.90 Å². The molecule has 0 bridgehead atoms. The third-order valence-corrected chi connectivity index (χ3v) is 3.76. The Balaban J connectivity index is 1.91. The number of hydrogen-bond acceptors (Lipinski definition) is 4. The predicted molar refractivity (Wildman–Crippen MR) is 84.9 cm³/mol. The van der Waals surface area contributed by atoms with E-state index in [1.807, 2.05) is 19.3 Å². The van der Waals surface area contributed by atoms with Crippen LogP contribution in [0, 0.1) is 11.8 Å². The van der Waals surface area contributed by atoms with E-state index >= 15 is 0 Å². The Morgan fingerprint density at radius 2 is 2.00 bits per heavy atom. The number of aryl methyl sites for hydroxylation is 1. The number of anilines is 1. The molecule has 2 aromatic heterocycles. The molecule has 5 nitrogen and oxygen atoms in total. The van der Waals surface area contributed by atoms with Crippen LogP contribution in [0.5, 0.6) is 0 Å². The van der Waals surface area contributed by atoms with Crippen molar-refractivity contribution < 1.29 is 4.79 Å². The molecule has 3 rings (SSSR count). The van der Waals surface area contributed by atoms with E-state index in [4.69, 9.17) is 11.6 Å². The molecule has 0 amide bonds. The lowest BCUT2D eigenvalue weighted by atomic mass is 10.1. The van der Waals surface area contributed by atoms with Gasteiger partial charge in [0.25, 0.3) is 0 Å². The quantitative estimate of drug-likeness (QED) is 0.597. The number of carbonyl (C=O) groups excluding carboxylic acids is 1. The Kier molecular flexibility index (Phi) is 4.12. The minimum absolute atomic E-state index is 0.305. The second-order valence-electron chi connectivity index (χ2n) is 5.20. The molecule has 0 aromatic carbocycles. The number of piperidine rings is 1. The van der Waals surface area contributed by atoms with Crippen molar-refractivity contribution in [3.05, 3.63) is 40.9 Å². The van der Waals surface area contributed by atoms with Crippen molar-refractivity contribution in [3.8, 4) is 11.8 Å². The Hall–Kier alpha value is -2.32. The van der Waals surface area contributed by atoms with Crippen molar-refractivity contribution >= 4 is 23.1 Å². The van der Waals surface area contributed by atoms with Crippen LogP contribution in [0.2, 0.25) is 5.15 Å². The molecule has 0 radical (unpaired) electrons. The Bertz CT molecular complexity index is 762. The van der Waals surface area contributed by atoms with Crippen LogP contribution in [0.4, 0.5) is 5.69 Å². The summed E-state index contributed by atoms with van der Waals surface area (Å²) in [6.45, 7) is 1.39. The molecular weight excluding hydrogens is 300 g/mol. The molecule has 1 aliphatic rings. The summed E-state index contributed by atoms with van der Waals surface area (Å²) in [6.07, 6.45) is 6.38. The lowest BCUT2D eigenvalue weighted by Crippen LogP contribution is -2.34. The van der Waals surface area contributed by atoms with Gasteiger partial charge in [-0.25, -0.2) is 4.98 Å². The minimum atomic E-state index is 0.305. The smallest absolute Gasteiger partial charge is 0.136 e. The molecular formula is C16H15ClN4O. The van der Waals surface area contributed by atoms with Gasteiger partial charge in [0.15, 0.2) is 0 Å². The Morgan fingerprint density at radius 3 is 2.68 bits per heavy atom. The fourth-order valence-corrected chi connectivity index (χ4v) is 2.55.